The van der Waals surface area contributed by atoms with Crippen LogP contribution in [0.25, 0.3) is 0 Å². The number of halogens is 3. The van der Waals surface area contributed by atoms with Crippen LogP contribution in [0.4, 0.5) is 18.9 Å². The van der Waals surface area contributed by atoms with Gasteiger partial charge in [0.2, 0.25) is 5.76 Å². The molecule has 1 amide bonds. The van der Waals surface area contributed by atoms with E-state index in [0.29, 0.717) is 12.3 Å². The number of carbonyl (C=O) groups is 1. The normalized spacial score (nSPS) is 14.7. The Morgan fingerprint density at radius 1 is 1.20 bits per heavy atom. The van der Waals surface area contributed by atoms with Crippen LogP contribution in [0.2, 0.25) is 0 Å². The van der Waals surface area contributed by atoms with Crippen LogP contribution in [0.3, 0.4) is 0 Å². The number of amides is 1. The summed E-state index contributed by atoms with van der Waals surface area (Å²) in [5.41, 5.74) is 0.305. The molecule has 0 fully saturated rings. The first-order valence-corrected chi connectivity index (χ1v) is 5.56. The zero-order valence-corrected chi connectivity index (χ0v) is 10.1. The van der Waals surface area contributed by atoms with E-state index in [-0.39, 0.29) is 18.1 Å². The lowest BCUT2D eigenvalue weighted by Gasteiger charge is -2.15. The summed E-state index contributed by atoms with van der Waals surface area (Å²) >= 11 is 0. The minimum absolute atomic E-state index is 0.00636. The van der Waals surface area contributed by atoms with Crippen molar-refractivity contribution in [1.82, 2.24) is 0 Å². The highest BCUT2D eigenvalue weighted by atomic mass is 19.4. The number of hydrogen-bond donors (Lipinski definition) is 1. The van der Waals surface area contributed by atoms with Gasteiger partial charge < -0.3 is 19.5 Å². The second kappa shape index (κ2) is 5.72. The predicted octanol–water partition coefficient (Wildman–Crippen LogP) is 2.41. The zero-order valence-electron chi connectivity index (χ0n) is 10.1. The van der Waals surface area contributed by atoms with Crippen molar-refractivity contribution in [3.8, 4) is 5.75 Å². The lowest BCUT2D eigenvalue weighted by molar-refractivity contribution is -0.274. The molecule has 0 radical (unpaired) electrons. The Labute approximate surface area is 111 Å². The first-order chi connectivity index (χ1) is 9.44. The van der Waals surface area contributed by atoms with Crippen molar-refractivity contribution >= 4 is 11.6 Å². The maximum Gasteiger partial charge on any atom is 0.573 e. The molecule has 8 heteroatoms. The van der Waals surface area contributed by atoms with Crippen molar-refractivity contribution in [3.05, 3.63) is 36.3 Å². The van der Waals surface area contributed by atoms with Gasteiger partial charge in [0, 0.05) is 5.69 Å². The fourth-order valence-corrected chi connectivity index (χ4v) is 1.42. The average Bonchev–Trinajstić information content (AvgIpc) is 2.40. The molecule has 20 heavy (non-hydrogen) atoms. The van der Waals surface area contributed by atoms with Gasteiger partial charge in [0.15, 0.2) is 0 Å². The van der Waals surface area contributed by atoms with Gasteiger partial charge in [0.1, 0.15) is 25.2 Å². The van der Waals surface area contributed by atoms with Gasteiger partial charge in [-0.15, -0.1) is 13.2 Å². The molecule has 2 rings (SSSR count). The van der Waals surface area contributed by atoms with Gasteiger partial charge >= 0.3 is 6.36 Å². The number of rotatable bonds is 3. The molecule has 0 aliphatic carbocycles. The van der Waals surface area contributed by atoms with Crippen LogP contribution in [0, 0.1) is 0 Å². The van der Waals surface area contributed by atoms with Crippen LogP contribution < -0.4 is 10.1 Å². The Bertz CT molecular complexity index is 510. The molecule has 0 aromatic heterocycles. The summed E-state index contributed by atoms with van der Waals surface area (Å²) in [6, 6.07) is 4.75. The SMILES string of the molecule is O=C(Nc1ccc(OC(F)(F)F)cc1)C1=COCCO1. The minimum Gasteiger partial charge on any atom is -0.494 e. The first kappa shape index (κ1) is 14.0. The van der Waals surface area contributed by atoms with Crippen LogP contribution in [0.5, 0.6) is 5.75 Å². The van der Waals surface area contributed by atoms with Crippen molar-refractivity contribution in [1.29, 1.82) is 0 Å². The number of anilines is 1. The summed E-state index contributed by atoms with van der Waals surface area (Å²) in [4.78, 5) is 11.7. The van der Waals surface area contributed by atoms with E-state index in [2.05, 4.69) is 10.1 Å². The van der Waals surface area contributed by atoms with Crippen LogP contribution >= 0.6 is 0 Å². The average molecular weight is 289 g/mol. The first-order valence-electron chi connectivity index (χ1n) is 5.56. The van der Waals surface area contributed by atoms with Gasteiger partial charge in [-0.05, 0) is 24.3 Å². The van der Waals surface area contributed by atoms with Crippen LogP contribution in [-0.4, -0.2) is 25.5 Å². The maximum atomic E-state index is 12.0. The Kier molecular flexibility index (Phi) is 4.02. The van der Waals surface area contributed by atoms with Crippen LogP contribution in [0.1, 0.15) is 0 Å². The highest BCUT2D eigenvalue weighted by Crippen LogP contribution is 2.24. The number of nitrogens with one attached hydrogen (secondary N) is 1. The van der Waals surface area contributed by atoms with E-state index in [1.807, 2.05) is 0 Å². The summed E-state index contributed by atoms with van der Waals surface area (Å²) in [5.74, 6) is -0.909. The molecule has 0 saturated heterocycles. The van der Waals surface area contributed by atoms with E-state index >= 15 is 0 Å². The van der Waals surface area contributed by atoms with E-state index in [1.165, 1.54) is 18.4 Å². The van der Waals surface area contributed by atoms with Crippen molar-refractivity contribution in [2.45, 2.75) is 6.36 Å². The van der Waals surface area contributed by atoms with Gasteiger partial charge in [-0.25, -0.2) is 0 Å². The molecule has 0 spiro atoms. The third-order valence-corrected chi connectivity index (χ3v) is 2.22. The predicted molar refractivity (Wildman–Crippen MR) is 61.7 cm³/mol. The Balaban J connectivity index is 1.96. The Morgan fingerprint density at radius 3 is 2.45 bits per heavy atom. The lowest BCUT2D eigenvalue weighted by Crippen LogP contribution is -2.21. The number of benzene rings is 1. The van der Waals surface area contributed by atoms with Gasteiger partial charge in [-0.2, -0.15) is 0 Å². The molecule has 0 bridgehead atoms. The van der Waals surface area contributed by atoms with E-state index in [0.717, 1.165) is 12.1 Å². The summed E-state index contributed by atoms with van der Waals surface area (Å²) < 4.78 is 49.6. The van der Waals surface area contributed by atoms with Crippen molar-refractivity contribution in [3.63, 3.8) is 0 Å². The molecule has 1 aromatic carbocycles. The second-order valence-electron chi connectivity index (χ2n) is 3.73. The number of hydrogen-bond acceptors (Lipinski definition) is 4. The van der Waals surface area contributed by atoms with E-state index in [9.17, 15) is 18.0 Å². The zero-order chi connectivity index (χ0) is 14.6. The fourth-order valence-electron chi connectivity index (χ4n) is 1.42. The highest BCUT2D eigenvalue weighted by Gasteiger charge is 2.31. The second-order valence-corrected chi connectivity index (χ2v) is 3.73. The van der Waals surface area contributed by atoms with Crippen molar-refractivity contribution in [2.24, 2.45) is 0 Å². The monoisotopic (exact) mass is 289 g/mol. The molecule has 5 nitrogen and oxygen atoms in total. The molecule has 1 N–H and O–H groups in total. The third kappa shape index (κ3) is 4.08. The fraction of sp³-hybridized carbons (Fsp3) is 0.250. The van der Waals surface area contributed by atoms with Crippen LogP contribution in [-0.2, 0) is 14.3 Å². The summed E-state index contributed by atoms with van der Waals surface area (Å²) in [5, 5.41) is 2.45. The van der Waals surface area contributed by atoms with E-state index in [1.54, 1.807) is 0 Å². The Morgan fingerprint density at radius 2 is 1.90 bits per heavy atom. The van der Waals surface area contributed by atoms with Gasteiger partial charge in [-0.1, -0.05) is 0 Å². The topological polar surface area (TPSA) is 56.8 Å². The van der Waals surface area contributed by atoms with Crippen molar-refractivity contribution in [2.75, 3.05) is 18.5 Å². The molecule has 108 valence electrons. The van der Waals surface area contributed by atoms with Gasteiger partial charge in [0.25, 0.3) is 5.91 Å². The third-order valence-electron chi connectivity index (χ3n) is 2.22. The highest BCUT2D eigenvalue weighted by molar-refractivity contribution is 6.02. The quantitative estimate of drug-likeness (QED) is 0.928. The molecule has 1 aromatic rings. The molecule has 1 heterocycles. The van der Waals surface area contributed by atoms with Gasteiger partial charge in [-0.3, -0.25) is 4.79 Å². The molecular weight excluding hydrogens is 279 g/mol. The minimum atomic E-state index is -4.75. The summed E-state index contributed by atoms with van der Waals surface area (Å²) in [6.45, 7) is 0.623. The van der Waals surface area contributed by atoms with Crippen LogP contribution in [0.15, 0.2) is 36.3 Å². The number of carbonyl (C=O) groups excluding carboxylic acids is 1. The number of ether oxygens (including phenoxy) is 3. The summed E-state index contributed by atoms with van der Waals surface area (Å²) in [7, 11) is 0. The molecular formula is C12H10F3NO4. The Hall–Kier alpha value is -2.38. The maximum absolute atomic E-state index is 12.0. The summed E-state index contributed by atoms with van der Waals surface area (Å²) in [6.07, 6.45) is -3.57. The lowest BCUT2D eigenvalue weighted by atomic mass is 10.3. The molecule has 1 aliphatic heterocycles. The van der Waals surface area contributed by atoms with Gasteiger partial charge in [0.05, 0.1) is 0 Å². The standard InChI is InChI=1S/C12H10F3NO4/c13-12(14,15)20-9-3-1-8(2-4-9)16-11(17)10-7-18-5-6-19-10/h1-4,7H,5-6H2,(H,16,17). The largest absolute Gasteiger partial charge is 0.573 e. The molecule has 0 atom stereocenters. The van der Waals surface area contributed by atoms with Crippen molar-refractivity contribution < 1.29 is 32.2 Å². The molecule has 0 unspecified atom stereocenters. The molecule has 0 saturated carbocycles. The van der Waals surface area contributed by atoms with E-state index < -0.39 is 12.3 Å². The number of alkyl halides is 3. The van der Waals surface area contributed by atoms with E-state index in [4.69, 9.17) is 9.47 Å². The smallest absolute Gasteiger partial charge is 0.494 e. The molecule has 1 aliphatic rings.